The van der Waals surface area contributed by atoms with Crippen LogP contribution in [0.5, 0.6) is 5.75 Å². The van der Waals surface area contributed by atoms with Crippen LogP contribution in [-0.2, 0) is 0 Å². The molecule has 0 spiro atoms. The first-order valence-corrected chi connectivity index (χ1v) is 13.2. The largest absolute Gasteiger partial charge is 0.508 e. The predicted octanol–water partition coefficient (Wildman–Crippen LogP) is 4.56. The first-order valence-electron chi connectivity index (χ1n) is 13.2. The second-order valence-electron chi connectivity index (χ2n) is 10.9. The maximum absolute atomic E-state index is 16.4. The minimum atomic E-state index is -0.756. The van der Waals surface area contributed by atoms with Crippen LogP contribution in [0, 0.1) is 5.82 Å². The molecule has 2 unspecified atom stereocenters. The van der Waals surface area contributed by atoms with E-state index in [0.29, 0.717) is 41.1 Å². The number of aliphatic hydroxyl groups is 1. The van der Waals surface area contributed by atoms with Crippen molar-refractivity contribution in [3.05, 3.63) is 54.3 Å². The molecular formula is C29H30FN5O2. The molecule has 2 bridgehead atoms. The molecular weight excluding hydrogens is 469 g/mol. The van der Waals surface area contributed by atoms with Crippen molar-refractivity contribution in [3.63, 3.8) is 0 Å². The third-order valence-corrected chi connectivity index (χ3v) is 8.30. The quantitative estimate of drug-likeness (QED) is 0.320. The van der Waals surface area contributed by atoms with Crippen molar-refractivity contribution in [1.29, 1.82) is 0 Å². The molecule has 2 atom stereocenters. The molecule has 3 aromatic carbocycles. The third-order valence-electron chi connectivity index (χ3n) is 8.30. The molecule has 190 valence electrons. The van der Waals surface area contributed by atoms with Crippen molar-refractivity contribution in [3.8, 4) is 16.9 Å². The number of rotatable bonds is 5. The monoisotopic (exact) mass is 499 g/mol. The minimum absolute atomic E-state index is 0.0870. The van der Waals surface area contributed by atoms with Crippen molar-refractivity contribution in [2.45, 2.75) is 49.8 Å². The Morgan fingerprint density at radius 3 is 2.54 bits per heavy atom. The summed E-state index contributed by atoms with van der Waals surface area (Å²) in [6, 6.07) is 15.4. The lowest BCUT2D eigenvalue weighted by Crippen LogP contribution is -2.51. The zero-order valence-electron chi connectivity index (χ0n) is 20.5. The lowest BCUT2D eigenvalue weighted by molar-refractivity contribution is -0.0203. The van der Waals surface area contributed by atoms with Gasteiger partial charge < -0.3 is 25.7 Å². The summed E-state index contributed by atoms with van der Waals surface area (Å²) in [6.07, 6.45) is 4.74. The fraction of sp³-hybridized carbons (Fsp3) is 0.379. The zero-order valence-corrected chi connectivity index (χ0v) is 20.5. The summed E-state index contributed by atoms with van der Waals surface area (Å²) in [5.74, 6) is 0.688. The van der Waals surface area contributed by atoms with Gasteiger partial charge >= 0.3 is 0 Å². The summed E-state index contributed by atoms with van der Waals surface area (Å²) < 4.78 is 16.4. The predicted molar refractivity (Wildman–Crippen MR) is 144 cm³/mol. The van der Waals surface area contributed by atoms with Crippen molar-refractivity contribution in [2.75, 3.05) is 29.9 Å². The number of hydrogen-bond acceptors (Lipinski definition) is 7. The molecule has 37 heavy (non-hydrogen) atoms. The number of halogens is 1. The lowest BCUT2D eigenvalue weighted by Gasteiger charge is -2.37. The van der Waals surface area contributed by atoms with Crippen molar-refractivity contribution in [2.24, 2.45) is 0 Å². The molecule has 8 heteroatoms. The third kappa shape index (κ3) is 3.95. The van der Waals surface area contributed by atoms with Gasteiger partial charge in [-0.25, -0.2) is 9.37 Å². The van der Waals surface area contributed by atoms with Crippen LogP contribution in [0.1, 0.15) is 32.1 Å². The van der Waals surface area contributed by atoms with Gasteiger partial charge in [-0.1, -0.05) is 30.3 Å². The van der Waals surface area contributed by atoms with Gasteiger partial charge in [0.05, 0.1) is 5.60 Å². The maximum Gasteiger partial charge on any atom is 0.225 e. The van der Waals surface area contributed by atoms with E-state index in [1.807, 2.05) is 30.3 Å². The Morgan fingerprint density at radius 1 is 1.00 bits per heavy atom. The highest BCUT2D eigenvalue weighted by atomic mass is 19.1. The van der Waals surface area contributed by atoms with Crippen LogP contribution in [0.25, 0.3) is 32.8 Å². The molecule has 2 aliphatic heterocycles. The molecule has 3 fully saturated rings. The van der Waals surface area contributed by atoms with E-state index in [-0.39, 0.29) is 11.3 Å². The summed E-state index contributed by atoms with van der Waals surface area (Å²) in [4.78, 5) is 11.7. The average Bonchev–Trinajstić information content (AvgIpc) is 3.23. The van der Waals surface area contributed by atoms with Crippen LogP contribution in [0.15, 0.2) is 48.5 Å². The minimum Gasteiger partial charge on any atom is -0.508 e. The second-order valence-corrected chi connectivity index (χ2v) is 10.9. The summed E-state index contributed by atoms with van der Waals surface area (Å²) in [5, 5.41) is 30.2. The highest BCUT2D eigenvalue weighted by Gasteiger charge is 2.36. The average molecular weight is 500 g/mol. The Balaban J connectivity index is 1.38. The molecule has 4 aromatic rings. The van der Waals surface area contributed by atoms with Crippen LogP contribution < -0.4 is 15.5 Å². The molecule has 4 N–H and O–H groups in total. The smallest absolute Gasteiger partial charge is 0.225 e. The molecule has 1 aromatic heterocycles. The lowest BCUT2D eigenvalue weighted by atomic mass is 9.80. The van der Waals surface area contributed by atoms with Crippen molar-refractivity contribution in [1.82, 2.24) is 15.3 Å². The SMILES string of the molecule is Oc1cc(-c2ccc3c(N4CC5CCC(C4)N5)nc(NCC4(O)CCC4)nc3c2F)c2ccccc2c1. The summed E-state index contributed by atoms with van der Waals surface area (Å²) in [7, 11) is 0. The molecule has 7 rings (SSSR count). The van der Waals surface area contributed by atoms with Gasteiger partial charge in [0.25, 0.3) is 0 Å². The topological polar surface area (TPSA) is 93.5 Å². The summed E-state index contributed by atoms with van der Waals surface area (Å²) in [5.41, 5.74) is 0.485. The van der Waals surface area contributed by atoms with Crippen LogP contribution in [-0.4, -0.2) is 57.5 Å². The number of nitrogens with one attached hydrogen (secondary N) is 2. The molecule has 0 radical (unpaired) electrons. The van der Waals surface area contributed by atoms with E-state index in [1.54, 1.807) is 18.2 Å². The number of anilines is 2. The van der Waals surface area contributed by atoms with E-state index in [2.05, 4.69) is 20.5 Å². The van der Waals surface area contributed by atoms with Gasteiger partial charge in [0.2, 0.25) is 5.95 Å². The van der Waals surface area contributed by atoms with Crippen LogP contribution in [0.4, 0.5) is 16.2 Å². The molecule has 1 aliphatic carbocycles. The first-order chi connectivity index (χ1) is 18.0. The maximum atomic E-state index is 16.4. The Bertz CT molecular complexity index is 1510. The second kappa shape index (κ2) is 8.53. The normalized spacial score (nSPS) is 22.4. The van der Waals surface area contributed by atoms with Crippen LogP contribution >= 0.6 is 0 Å². The number of benzene rings is 3. The van der Waals surface area contributed by atoms with Gasteiger partial charge in [-0.05, 0) is 66.6 Å². The van der Waals surface area contributed by atoms with Gasteiger partial charge in [-0.2, -0.15) is 4.98 Å². The Labute approximate surface area is 214 Å². The molecule has 3 aliphatic rings. The zero-order chi connectivity index (χ0) is 25.1. The number of hydrogen-bond donors (Lipinski definition) is 4. The van der Waals surface area contributed by atoms with Crippen molar-refractivity contribution >= 4 is 33.4 Å². The van der Waals surface area contributed by atoms with E-state index in [1.165, 1.54) is 0 Å². The van der Waals surface area contributed by atoms with E-state index in [0.717, 1.165) is 61.8 Å². The Kier molecular flexibility index (Phi) is 5.23. The molecule has 0 amide bonds. The van der Waals surface area contributed by atoms with E-state index in [9.17, 15) is 10.2 Å². The summed E-state index contributed by atoms with van der Waals surface area (Å²) in [6.45, 7) is 1.96. The van der Waals surface area contributed by atoms with Gasteiger partial charge in [0.1, 0.15) is 17.1 Å². The fourth-order valence-electron chi connectivity index (χ4n) is 6.17. The number of phenols is 1. The van der Waals surface area contributed by atoms with Gasteiger partial charge in [0, 0.05) is 42.7 Å². The highest BCUT2D eigenvalue weighted by Crippen LogP contribution is 2.39. The summed E-state index contributed by atoms with van der Waals surface area (Å²) >= 11 is 0. The van der Waals surface area contributed by atoms with Gasteiger partial charge in [-0.15, -0.1) is 0 Å². The van der Waals surface area contributed by atoms with Gasteiger partial charge in [0.15, 0.2) is 5.82 Å². The highest BCUT2D eigenvalue weighted by molar-refractivity contribution is 6.01. The molecule has 7 nitrogen and oxygen atoms in total. The first kappa shape index (κ1) is 22.7. The van der Waals surface area contributed by atoms with E-state index in [4.69, 9.17) is 4.98 Å². The molecule has 2 saturated heterocycles. The number of piperazine rings is 1. The van der Waals surface area contributed by atoms with Crippen LogP contribution in [0.3, 0.4) is 0 Å². The standard InChI is InChI=1S/C29H30FN5O2/c30-25-22(24-13-20(36)12-17-4-1-2-5-21(17)24)8-9-23-26(25)33-28(31-16-29(37)10-3-11-29)34-27(23)35-14-18-6-7-19(15-35)32-18/h1-2,4-5,8-9,12-13,18-19,32,36-37H,3,6-7,10-11,14-16H2,(H,31,33,34). The van der Waals surface area contributed by atoms with E-state index >= 15 is 4.39 Å². The molecule has 1 saturated carbocycles. The Morgan fingerprint density at radius 2 is 1.78 bits per heavy atom. The number of aromatic nitrogens is 2. The van der Waals surface area contributed by atoms with Crippen molar-refractivity contribution < 1.29 is 14.6 Å². The fourth-order valence-corrected chi connectivity index (χ4v) is 6.17. The van der Waals surface area contributed by atoms with Crippen LogP contribution in [0.2, 0.25) is 0 Å². The van der Waals surface area contributed by atoms with E-state index < -0.39 is 11.4 Å². The number of aromatic hydroxyl groups is 1. The van der Waals surface area contributed by atoms with Gasteiger partial charge in [-0.3, -0.25) is 0 Å². The molecule has 3 heterocycles. The number of fused-ring (bicyclic) bond motifs is 4. The number of phenolic OH excluding ortho intramolecular Hbond substituents is 1. The Hall–Kier alpha value is -3.49. The number of nitrogens with zero attached hydrogens (tertiary/aromatic N) is 3.